The number of nitrogens with one attached hydrogen (secondary N) is 1. The summed E-state index contributed by atoms with van der Waals surface area (Å²) < 4.78 is 5.94. The van der Waals surface area contributed by atoms with Crippen LogP contribution in [0.3, 0.4) is 0 Å². The van der Waals surface area contributed by atoms with Crippen LogP contribution in [0.1, 0.15) is 54.4 Å². The second-order valence-corrected chi connectivity index (χ2v) is 7.57. The van der Waals surface area contributed by atoms with Gasteiger partial charge in [0.15, 0.2) is 0 Å². The Kier molecular flexibility index (Phi) is 5.60. The molecular weight excluding hydrogens is 368 g/mol. The van der Waals surface area contributed by atoms with E-state index in [1.807, 2.05) is 24.3 Å². The summed E-state index contributed by atoms with van der Waals surface area (Å²) in [5.41, 5.74) is 2.03. The average molecular weight is 392 g/mol. The first-order valence-corrected chi connectivity index (χ1v) is 10.1. The zero-order valence-corrected chi connectivity index (χ0v) is 16.2. The van der Waals surface area contributed by atoms with E-state index in [9.17, 15) is 14.4 Å². The van der Waals surface area contributed by atoms with E-state index in [1.165, 1.54) is 17.7 Å². The molecule has 0 bridgehead atoms. The van der Waals surface area contributed by atoms with Crippen LogP contribution < -0.4 is 10.1 Å². The van der Waals surface area contributed by atoms with Gasteiger partial charge in [-0.1, -0.05) is 12.1 Å². The molecule has 2 aliphatic rings. The van der Waals surface area contributed by atoms with Gasteiger partial charge in [-0.05, 0) is 67.6 Å². The Morgan fingerprint density at radius 3 is 2.17 bits per heavy atom. The molecule has 0 unspecified atom stereocenters. The number of rotatable bonds is 6. The molecule has 1 aliphatic heterocycles. The Morgan fingerprint density at radius 1 is 0.931 bits per heavy atom. The lowest BCUT2D eigenvalue weighted by atomic mass is 10.1. The number of anilines is 1. The topological polar surface area (TPSA) is 75.7 Å². The highest BCUT2D eigenvalue weighted by Gasteiger charge is 2.28. The molecule has 6 nitrogen and oxygen atoms in total. The van der Waals surface area contributed by atoms with Crippen LogP contribution in [0.5, 0.6) is 5.75 Å². The molecule has 3 amide bonds. The summed E-state index contributed by atoms with van der Waals surface area (Å²) in [5, 5.41) is 2.87. The maximum absolute atomic E-state index is 12.5. The van der Waals surface area contributed by atoms with E-state index < -0.39 is 0 Å². The van der Waals surface area contributed by atoms with Gasteiger partial charge in [0.1, 0.15) is 5.75 Å². The van der Waals surface area contributed by atoms with Crippen LogP contribution in [0.2, 0.25) is 0 Å². The van der Waals surface area contributed by atoms with Crippen molar-refractivity contribution in [3.05, 3.63) is 59.7 Å². The van der Waals surface area contributed by atoms with Crippen molar-refractivity contribution in [3.63, 3.8) is 0 Å². The minimum Gasteiger partial charge on any atom is -0.490 e. The first-order valence-electron chi connectivity index (χ1n) is 10.1. The monoisotopic (exact) mass is 392 g/mol. The summed E-state index contributed by atoms with van der Waals surface area (Å²) in [5.74, 6) is 0.328. The summed E-state index contributed by atoms with van der Waals surface area (Å²) in [4.78, 5) is 37.2. The number of likely N-dealkylation sites (tertiary alicyclic amines) is 1. The lowest BCUT2D eigenvalue weighted by Gasteiger charge is -2.14. The molecule has 4 rings (SSSR count). The van der Waals surface area contributed by atoms with Crippen LogP contribution in [0.15, 0.2) is 48.5 Å². The second-order valence-electron chi connectivity index (χ2n) is 7.57. The van der Waals surface area contributed by atoms with E-state index in [0.29, 0.717) is 17.4 Å². The van der Waals surface area contributed by atoms with Gasteiger partial charge >= 0.3 is 0 Å². The van der Waals surface area contributed by atoms with Gasteiger partial charge < -0.3 is 10.1 Å². The second kappa shape index (κ2) is 8.47. The summed E-state index contributed by atoms with van der Waals surface area (Å²) >= 11 is 0. The van der Waals surface area contributed by atoms with Crippen LogP contribution in [0.25, 0.3) is 0 Å². The van der Waals surface area contributed by atoms with Gasteiger partial charge in [0, 0.05) is 24.1 Å². The normalized spacial score (nSPS) is 17.0. The molecule has 29 heavy (non-hydrogen) atoms. The zero-order valence-electron chi connectivity index (χ0n) is 16.2. The van der Waals surface area contributed by atoms with E-state index in [-0.39, 0.29) is 37.1 Å². The number of hydrogen-bond donors (Lipinski definition) is 1. The molecule has 0 radical (unpaired) electrons. The zero-order chi connectivity index (χ0) is 20.2. The number of ether oxygens (including phenoxy) is 1. The van der Waals surface area contributed by atoms with E-state index >= 15 is 0 Å². The molecule has 6 heteroatoms. The standard InChI is InChI=1S/C23H24N2O4/c26-21-13-14-22(27)25(21)15-16-5-7-17(8-6-16)23(28)24-18-9-11-20(12-10-18)29-19-3-1-2-4-19/h5-12,19H,1-4,13-15H2,(H,24,28). The van der Waals surface area contributed by atoms with Crippen molar-refractivity contribution in [2.24, 2.45) is 0 Å². The van der Waals surface area contributed by atoms with Gasteiger partial charge in [0.25, 0.3) is 5.91 Å². The lowest BCUT2D eigenvalue weighted by Crippen LogP contribution is -2.28. The van der Waals surface area contributed by atoms with E-state index in [4.69, 9.17) is 4.74 Å². The molecule has 0 spiro atoms. The first-order chi connectivity index (χ1) is 14.1. The number of amides is 3. The lowest BCUT2D eigenvalue weighted by molar-refractivity contribution is -0.139. The Balaban J connectivity index is 1.33. The highest BCUT2D eigenvalue weighted by atomic mass is 16.5. The van der Waals surface area contributed by atoms with Gasteiger partial charge in [-0.25, -0.2) is 0 Å². The van der Waals surface area contributed by atoms with E-state index in [0.717, 1.165) is 24.2 Å². The predicted molar refractivity (Wildman–Crippen MR) is 109 cm³/mol. The van der Waals surface area contributed by atoms with Gasteiger partial charge in [0.2, 0.25) is 11.8 Å². The smallest absolute Gasteiger partial charge is 0.255 e. The van der Waals surface area contributed by atoms with Crippen molar-refractivity contribution in [3.8, 4) is 5.75 Å². The highest BCUT2D eigenvalue weighted by Crippen LogP contribution is 2.25. The van der Waals surface area contributed by atoms with Crippen LogP contribution in [-0.2, 0) is 16.1 Å². The number of hydrogen-bond acceptors (Lipinski definition) is 4. The molecule has 1 N–H and O–H groups in total. The largest absolute Gasteiger partial charge is 0.490 e. The Labute approximate surface area is 169 Å². The molecule has 2 fully saturated rings. The third kappa shape index (κ3) is 4.65. The molecule has 0 atom stereocenters. The Hall–Kier alpha value is -3.15. The number of carbonyl (C=O) groups is 3. The number of nitrogens with zero attached hydrogens (tertiary/aromatic N) is 1. The quantitative estimate of drug-likeness (QED) is 0.757. The van der Waals surface area contributed by atoms with Crippen LogP contribution in [0, 0.1) is 0 Å². The van der Waals surface area contributed by atoms with Gasteiger partial charge in [0.05, 0.1) is 12.6 Å². The van der Waals surface area contributed by atoms with Crippen LogP contribution in [0.4, 0.5) is 5.69 Å². The average Bonchev–Trinajstić information content (AvgIpc) is 3.35. The van der Waals surface area contributed by atoms with Gasteiger partial charge in [-0.3, -0.25) is 19.3 Å². The predicted octanol–water partition coefficient (Wildman–Crippen LogP) is 3.91. The fourth-order valence-corrected chi connectivity index (χ4v) is 3.76. The fraction of sp³-hybridized carbons (Fsp3) is 0.348. The van der Waals surface area contributed by atoms with Crippen molar-refractivity contribution in [1.82, 2.24) is 4.90 Å². The van der Waals surface area contributed by atoms with Crippen molar-refractivity contribution in [2.75, 3.05) is 5.32 Å². The van der Waals surface area contributed by atoms with Crippen LogP contribution >= 0.6 is 0 Å². The van der Waals surface area contributed by atoms with Crippen molar-refractivity contribution < 1.29 is 19.1 Å². The maximum Gasteiger partial charge on any atom is 0.255 e. The minimum absolute atomic E-state index is 0.142. The Morgan fingerprint density at radius 2 is 1.55 bits per heavy atom. The van der Waals surface area contributed by atoms with E-state index in [1.54, 1.807) is 24.3 Å². The molecule has 2 aromatic rings. The van der Waals surface area contributed by atoms with Gasteiger partial charge in [-0.15, -0.1) is 0 Å². The highest BCUT2D eigenvalue weighted by molar-refractivity contribution is 6.04. The fourth-order valence-electron chi connectivity index (χ4n) is 3.76. The molecule has 1 saturated carbocycles. The van der Waals surface area contributed by atoms with E-state index in [2.05, 4.69) is 5.32 Å². The SMILES string of the molecule is O=C(Nc1ccc(OC2CCCC2)cc1)c1ccc(CN2C(=O)CCC2=O)cc1. The van der Waals surface area contributed by atoms with Crippen molar-refractivity contribution in [2.45, 2.75) is 51.2 Å². The minimum atomic E-state index is -0.214. The summed E-state index contributed by atoms with van der Waals surface area (Å²) in [6.45, 7) is 0.252. The maximum atomic E-state index is 12.5. The molecule has 1 aliphatic carbocycles. The van der Waals surface area contributed by atoms with Gasteiger partial charge in [-0.2, -0.15) is 0 Å². The summed E-state index contributed by atoms with van der Waals surface area (Å²) in [6, 6.07) is 14.4. The number of imide groups is 1. The molecule has 150 valence electrons. The Bertz CT molecular complexity index is 883. The number of carbonyl (C=O) groups excluding carboxylic acids is 3. The molecule has 1 saturated heterocycles. The van der Waals surface area contributed by atoms with Crippen molar-refractivity contribution in [1.29, 1.82) is 0 Å². The molecular formula is C23H24N2O4. The first kappa shape index (κ1) is 19.2. The third-order valence-corrected chi connectivity index (χ3v) is 5.43. The summed E-state index contributed by atoms with van der Waals surface area (Å²) in [7, 11) is 0. The summed E-state index contributed by atoms with van der Waals surface area (Å²) in [6.07, 6.45) is 5.53. The third-order valence-electron chi connectivity index (χ3n) is 5.43. The molecule has 1 heterocycles. The molecule has 2 aromatic carbocycles. The number of benzene rings is 2. The molecule has 0 aromatic heterocycles. The van der Waals surface area contributed by atoms with Crippen molar-refractivity contribution >= 4 is 23.4 Å². The van der Waals surface area contributed by atoms with Crippen LogP contribution in [-0.4, -0.2) is 28.7 Å².